The van der Waals surface area contributed by atoms with Gasteiger partial charge < -0.3 is 0 Å². The Balaban J connectivity index is 2.29. The largest absolute Gasteiger partial charge is 0.207 e. The van der Waals surface area contributed by atoms with Gasteiger partial charge in [0.05, 0.1) is 0 Å². The van der Waals surface area contributed by atoms with E-state index in [0.29, 0.717) is 10.9 Å². The molecule has 0 N–H and O–H groups in total. The average Bonchev–Trinajstić information content (AvgIpc) is 2.31. The minimum atomic E-state index is -0.239. The minimum absolute atomic E-state index is 0.239. The van der Waals surface area contributed by atoms with Gasteiger partial charge in [-0.15, -0.1) is 11.6 Å². The number of hydrogen-bond donors (Lipinski definition) is 0. The third kappa shape index (κ3) is 3.38. The van der Waals surface area contributed by atoms with Gasteiger partial charge in [0.2, 0.25) is 0 Å². The van der Waals surface area contributed by atoms with Crippen molar-refractivity contribution < 1.29 is 4.39 Å². The predicted octanol–water partition coefficient (Wildman–Crippen LogP) is 5.37. The van der Waals surface area contributed by atoms with Crippen molar-refractivity contribution in [3.63, 3.8) is 0 Å². The highest BCUT2D eigenvalue weighted by Crippen LogP contribution is 2.32. The van der Waals surface area contributed by atoms with Gasteiger partial charge in [-0.25, -0.2) is 4.39 Å². The zero-order chi connectivity index (χ0) is 12.3. The van der Waals surface area contributed by atoms with E-state index in [0.717, 1.165) is 15.4 Å². The van der Waals surface area contributed by atoms with E-state index < -0.39 is 0 Å². The van der Waals surface area contributed by atoms with Crippen LogP contribution in [-0.4, -0.2) is 0 Å². The second-order valence-electron chi connectivity index (χ2n) is 3.45. The van der Waals surface area contributed by atoms with E-state index in [1.807, 2.05) is 18.2 Å². The first-order valence-electron chi connectivity index (χ1n) is 4.97. The zero-order valence-corrected chi connectivity index (χ0v) is 11.1. The Bertz CT molecular complexity index is 529. The van der Waals surface area contributed by atoms with Gasteiger partial charge in [-0.1, -0.05) is 29.4 Å². The van der Waals surface area contributed by atoms with Gasteiger partial charge >= 0.3 is 0 Å². The molecule has 2 aromatic carbocycles. The Hall–Kier alpha value is -0.700. The normalized spacial score (nSPS) is 10.5. The average molecular weight is 287 g/mol. The Morgan fingerprint density at radius 2 is 1.94 bits per heavy atom. The molecule has 0 heterocycles. The lowest BCUT2D eigenvalue weighted by Gasteiger charge is -2.07. The van der Waals surface area contributed by atoms with Crippen molar-refractivity contribution in [1.29, 1.82) is 0 Å². The van der Waals surface area contributed by atoms with E-state index in [4.69, 9.17) is 23.2 Å². The van der Waals surface area contributed by atoms with Crippen LogP contribution in [0, 0.1) is 5.82 Å². The van der Waals surface area contributed by atoms with E-state index in [9.17, 15) is 4.39 Å². The third-order valence-electron chi connectivity index (χ3n) is 2.19. The van der Waals surface area contributed by atoms with Gasteiger partial charge in [0.15, 0.2) is 0 Å². The molecule has 0 nitrogen and oxygen atoms in total. The molecule has 2 rings (SSSR count). The molecular weight excluding hydrogens is 278 g/mol. The minimum Gasteiger partial charge on any atom is -0.207 e. The fraction of sp³-hybridized carbons (Fsp3) is 0.0769. The fourth-order valence-electron chi connectivity index (χ4n) is 1.41. The van der Waals surface area contributed by atoms with Gasteiger partial charge in [0, 0.05) is 20.7 Å². The predicted molar refractivity (Wildman–Crippen MR) is 71.5 cm³/mol. The lowest BCUT2D eigenvalue weighted by Crippen LogP contribution is -1.84. The highest BCUT2D eigenvalue weighted by Gasteiger charge is 2.05. The smallest absolute Gasteiger partial charge is 0.124 e. The molecule has 0 unspecified atom stereocenters. The molecule has 17 heavy (non-hydrogen) atoms. The molecule has 0 bridgehead atoms. The van der Waals surface area contributed by atoms with Crippen molar-refractivity contribution in [3.05, 3.63) is 58.9 Å². The molecule has 0 aliphatic carbocycles. The molecule has 0 aromatic heterocycles. The van der Waals surface area contributed by atoms with Crippen LogP contribution in [0.15, 0.2) is 52.3 Å². The highest BCUT2D eigenvalue weighted by atomic mass is 35.5. The second-order valence-corrected chi connectivity index (χ2v) is 5.26. The SMILES string of the molecule is Fc1cccc(Sc2ccc(Cl)cc2CCl)c1. The van der Waals surface area contributed by atoms with Crippen molar-refractivity contribution in [2.75, 3.05) is 0 Å². The Labute approximate surface area is 114 Å². The summed E-state index contributed by atoms with van der Waals surface area (Å²) in [5.41, 5.74) is 0.952. The van der Waals surface area contributed by atoms with Crippen molar-refractivity contribution in [2.45, 2.75) is 15.7 Å². The molecule has 0 spiro atoms. The van der Waals surface area contributed by atoms with Gasteiger partial charge in [-0.3, -0.25) is 0 Å². The molecule has 0 amide bonds. The number of halogens is 3. The summed E-state index contributed by atoms with van der Waals surface area (Å²) in [6.07, 6.45) is 0. The fourth-order valence-corrected chi connectivity index (χ4v) is 2.87. The third-order valence-corrected chi connectivity index (χ3v) is 3.82. The molecular formula is C13H9Cl2FS. The molecule has 0 radical (unpaired) electrons. The molecule has 0 saturated heterocycles. The maximum absolute atomic E-state index is 13.1. The quantitative estimate of drug-likeness (QED) is 0.684. The summed E-state index contributed by atoms with van der Waals surface area (Å²) in [5.74, 6) is 0.148. The molecule has 0 aliphatic heterocycles. The summed E-state index contributed by atoms with van der Waals surface area (Å²) in [4.78, 5) is 1.84. The van der Waals surface area contributed by atoms with Gasteiger partial charge in [0.1, 0.15) is 5.82 Å². The van der Waals surface area contributed by atoms with Crippen molar-refractivity contribution in [1.82, 2.24) is 0 Å². The topological polar surface area (TPSA) is 0 Å². The number of benzene rings is 2. The summed E-state index contributed by atoms with van der Waals surface area (Å²) in [6.45, 7) is 0. The van der Waals surface area contributed by atoms with Crippen LogP contribution in [0.25, 0.3) is 0 Å². The first kappa shape index (κ1) is 12.7. The van der Waals surface area contributed by atoms with Crippen LogP contribution in [0.3, 0.4) is 0 Å². The summed E-state index contributed by atoms with van der Waals surface area (Å²) in [7, 11) is 0. The zero-order valence-electron chi connectivity index (χ0n) is 8.79. The molecule has 0 fully saturated rings. The van der Waals surface area contributed by atoms with Crippen molar-refractivity contribution in [3.8, 4) is 0 Å². The lowest BCUT2D eigenvalue weighted by molar-refractivity contribution is 0.624. The summed E-state index contributed by atoms with van der Waals surface area (Å²) >= 11 is 13.2. The Morgan fingerprint density at radius 3 is 2.65 bits per heavy atom. The van der Waals surface area contributed by atoms with E-state index in [1.54, 1.807) is 12.1 Å². The van der Waals surface area contributed by atoms with Crippen LogP contribution in [0.5, 0.6) is 0 Å². The molecule has 4 heteroatoms. The number of alkyl halides is 1. The summed E-state index contributed by atoms with van der Waals surface area (Å²) in [5, 5.41) is 0.657. The van der Waals surface area contributed by atoms with Gasteiger partial charge in [0.25, 0.3) is 0 Å². The lowest BCUT2D eigenvalue weighted by atomic mass is 10.2. The Kier molecular flexibility index (Phi) is 4.32. The van der Waals surface area contributed by atoms with Gasteiger partial charge in [-0.2, -0.15) is 0 Å². The molecule has 88 valence electrons. The monoisotopic (exact) mass is 286 g/mol. The number of rotatable bonds is 3. The van der Waals surface area contributed by atoms with E-state index >= 15 is 0 Å². The van der Waals surface area contributed by atoms with Crippen LogP contribution in [-0.2, 0) is 5.88 Å². The maximum Gasteiger partial charge on any atom is 0.124 e. The molecule has 0 saturated carbocycles. The highest BCUT2D eigenvalue weighted by molar-refractivity contribution is 7.99. The first-order chi connectivity index (χ1) is 8.19. The molecule has 0 aliphatic rings. The van der Waals surface area contributed by atoms with E-state index in [-0.39, 0.29) is 5.82 Å². The number of hydrogen-bond acceptors (Lipinski definition) is 1. The Morgan fingerprint density at radius 1 is 1.12 bits per heavy atom. The van der Waals surface area contributed by atoms with Crippen LogP contribution in [0.1, 0.15) is 5.56 Å². The molecule has 0 atom stereocenters. The van der Waals surface area contributed by atoms with Crippen LogP contribution in [0.2, 0.25) is 5.02 Å². The first-order valence-corrected chi connectivity index (χ1v) is 6.70. The molecule has 2 aromatic rings. The standard InChI is InChI=1S/C13H9Cl2FS/c14-8-9-6-10(15)4-5-13(9)17-12-3-1-2-11(16)7-12/h1-7H,8H2. The van der Waals surface area contributed by atoms with E-state index in [1.165, 1.54) is 23.9 Å². The van der Waals surface area contributed by atoms with Crippen LogP contribution >= 0.6 is 35.0 Å². The maximum atomic E-state index is 13.1. The second kappa shape index (κ2) is 5.76. The summed E-state index contributed by atoms with van der Waals surface area (Å²) in [6, 6.07) is 12.0. The van der Waals surface area contributed by atoms with E-state index in [2.05, 4.69) is 0 Å². The van der Waals surface area contributed by atoms with Crippen molar-refractivity contribution >= 4 is 35.0 Å². The van der Waals surface area contributed by atoms with Crippen LogP contribution < -0.4 is 0 Å². The van der Waals surface area contributed by atoms with Crippen LogP contribution in [0.4, 0.5) is 4.39 Å². The van der Waals surface area contributed by atoms with Gasteiger partial charge in [-0.05, 0) is 42.0 Å². The van der Waals surface area contributed by atoms with Crippen molar-refractivity contribution in [2.24, 2.45) is 0 Å². The summed E-state index contributed by atoms with van der Waals surface area (Å²) < 4.78 is 13.1.